The van der Waals surface area contributed by atoms with Crippen molar-refractivity contribution < 1.29 is 15.3 Å². The van der Waals surface area contributed by atoms with Crippen molar-refractivity contribution in [3.05, 3.63) is 11.9 Å². The molecule has 7 heteroatoms. The Morgan fingerprint density at radius 1 is 1.29 bits per heavy atom. The van der Waals surface area contributed by atoms with Gasteiger partial charge in [-0.1, -0.05) is 0 Å². The molecule has 0 saturated carbocycles. The van der Waals surface area contributed by atoms with Crippen LogP contribution in [0.2, 0.25) is 0 Å². The van der Waals surface area contributed by atoms with Gasteiger partial charge in [0.15, 0.2) is 0 Å². The Hall–Kier alpha value is -1.31. The second-order valence-corrected chi connectivity index (χ2v) is 2.83. The second-order valence-electron chi connectivity index (χ2n) is 2.83. The Bertz CT molecular complexity index is 279. The standard InChI is InChI=1S/C7H12N4O3/c8-7-9-2-4(10-11-7)1-5(13)6(14)3-12/h2,5-6,12-14H,1,3H2,(H2,8,9,11). The first-order valence-electron chi connectivity index (χ1n) is 4.04. The quantitative estimate of drug-likeness (QED) is 0.431. The van der Waals surface area contributed by atoms with Crippen molar-refractivity contribution in [3.8, 4) is 0 Å². The van der Waals surface area contributed by atoms with Gasteiger partial charge in [0, 0.05) is 6.42 Å². The van der Waals surface area contributed by atoms with Gasteiger partial charge < -0.3 is 21.1 Å². The van der Waals surface area contributed by atoms with E-state index in [4.69, 9.17) is 15.9 Å². The minimum absolute atomic E-state index is 0.0472. The van der Waals surface area contributed by atoms with Crippen LogP contribution in [0.4, 0.5) is 5.95 Å². The van der Waals surface area contributed by atoms with Crippen molar-refractivity contribution in [1.82, 2.24) is 15.2 Å². The van der Waals surface area contributed by atoms with E-state index in [1.54, 1.807) is 0 Å². The number of hydrogen-bond donors (Lipinski definition) is 4. The van der Waals surface area contributed by atoms with Crippen LogP contribution in [0.15, 0.2) is 6.20 Å². The lowest BCUT2D eigenvalue weighted by atomic mass is 10.1. The van der Waals surface area contributed by atoms with Gasteiger partial charge in [-0.05, 0) is 0 Å². The van der Waals surface area contributed by atoms with Crippen LogP contribution in [0.3, 0.4) is 0 Å². The number of nitrogen functional groups attached to an aromatic ring is 1. The first-order chi connectivity index (χ1) is 6.63. The molecule has 1 heterocycles. The summed E-state index contributed by atoms with van der Waals surface area (Å²) in [6, 6.07) is 0. The van der Waals surface area contributed by atoms with E-state index in [1.165, 1.54) is 6.20 Å². The predicted molar refractivity (Wildman–Crippen MR) is 47.0 cm³/mol. The SMILES string of the molecule is Nc1ncc(CC(O)C(O)CO)nn1. The highest BCUT2D eigenvalue weighted by Crippen LogP contribution is 2.01. The van der Waals surface area contributed by atoms with Gasteiger partial charge in [0.2, 0.25) is 5.95 Å². The molecular weight excluding hydrogens is 188 g/mol. The maximum Gasteiger partial charge on any atom is 0.240 e. The average Bonchev–Trinajstić information content (AvgIpc) is 2.20. The van der Waals surface area contributed by atoms with E-state index < -0.39 is 18.8 Å². The van der Waals surface area contributed by atoms with Crippen molar-refractivity contribution in [2.45, 2.75) is 18.6 Å². The molecule has 2 unspecified atom stereocenters. The van der Waals surface area contributed by atoms with Crippen LogP contribution >= 0.6 is 0 Å². The first kappa shape index (κ1) is 10.8. The Morgan fingerprint density at radius 3 is 2.50 bits per heavy atom. The van der Waals surface area contributed by atoms with Crippen LogP contribution in [-0.2, 0) is 6.42 Å². The molecule has 0 bridgehead atoms. The summed E-state index contributed by atoms with van der Waals surface area (Å²) in [5.41, 5.74) is 5.61. The summed E-state index contributed by atoms with van der Waals surface area (Å²) in [5, 5.41) is 34.0. The van der Waals surface area contributed by atoms with E-state index in [9.17, 15) is 5.11 Å². The number of nitrogens with two attached hydrogens (primary N) is 1. The van der Waals surface area contributed by atoms with Crippen molar-refractivity contribution in [2.75, 3.05) is 12.3 Å². The zero-order valence-corrected chi connectivity index (χ0v) is 7.41. The molecule has 0 aliphatic carbocycles. The lowest BCUT2D eigenvalue weighted by molar-refractivity contribution is -0.0137. The summed E-state index contributed by atoms with van der Waals surface area (Å²) >= 11 is 0. The Kier molecular flexibility index (Phi) is 3.69. The van der Waals surface area contributed by atoms with Crippen LogP contribution in [0, 0.1) is 0 Å². The van der Waals surface area contributed by atoms with E-state index in [-0.39, 0.29) is 12.4 Å². The monoisotopic (exact) mass is 200 g/mol. The number of nitrogens with zero attached hydrogens (tertiary/aromatic N) is 3. The number of aromatic nitrogens is 3. The summed E-state index contributed by atoms with van der Waals surface area (Å²) in [5.74, 6) is 0.0472. The number of rotatable bonds is 4. The van der Waals surface area contributed by atoms with Gasteiger partial charge in [-0.3, -0.25) is 0 Å². The smallest absolute Gasteiger partial charge is 0.240 e. The van der Waals surface area contributed by atoms with E-state index in [2.05, 4.69) is 15.2 Å². The van der Waals surface area contributed by atoms with Gasteiger partial charge in [0.1, 0.15) is 6.10 Å². The molecule has 0 aliphatic rings. The summed E-state index contributed by atoms with van der Waals surface area (Å²) in [6.45, 7) is -0.503. The van der Waals surface area contributed by atoms with Crippen LogP contribution in [0.5, 0.6) is 0 Å². The van der Waals surface area contributed by atoms with Gasteiger partial charge in [0.05, 0.1) is 24.6 Å². The summed E-state index contributed by atoms with van der Waals surface area (Å²) < 4.78 is 0. The average molecular weight is 200 g/mol. The number of anilines is 1. The van der Waals surface area contributed by atoms with Crippen LogP contribution < -0.4 is 5.73 Å². The molecule has 1 aromatic heterocycles. The molecule has 0 aliphatic heterocycles. The van der Waals surface area contributed by atoms with Gasteiger partial charge >= 0.3 is 0 Å². The third-order valence-electron chi connectivity index (χ3n) is 1.68. The Labute approximate surface area is 80.2 Å². The molecule has 78 valence electrons. The molecule has 1 rings (SSSR count). The maximum absolute atomic E-state index is 9.30. The molecule has 7 nitrogen and oxygen atoms in total. The van der Waals surface area contributed by atoms with E-state index in [1.807, 2.05) is 0 Å². The molecule has 0 spiro atoms. The molecule has 0 aromatic carbocycles. The molecule has 0 fully saturated rings. The molecule has 0 radical (unpaired) electrons. The normalized spacial score (nSPS) is 15.1. The Balaban J connectivity index is 2.56. The molecule has 2 atom stereocenters. The molecule has 5 N–H and O–H groups in total. The predicted octanol–water partition coefficient (Wildman–Crippen LogP) is -2.29. The van der Waals surface area contributed by atoms with Crippen molar-refractivity contribution in [2.24, 2.45) is 0 Å². The fraction of sp³-hybridized carbons (Fsp3) is 0.571. The van der Waals surface area contributed by atoms with Crippen molar-refractivity contribution in [1.29, 1.82) is 0 Å². The van der Waals surface area contributed by atoms with Gasteiger partial charge in [-0.25, -0.2) is 4.98 Å². The first-order valence-corrected chi connectivity index (χ1v) is 4.04. The summed E-state index contributed by atoms with van der Waals surface area (Å²) in [4.78, 5) is 3.67. The van der Waals surface area contributed by atoms with Gasteiger partial charge in [0.25, 0.3) is 0 Å². The topological polar surface area (TPSA) is 125 Å². The number of aliphatic hydroxyl groups excluding tert-OH is 3. The van der Waals surface area contributed by atoms with E-state index in [0.29, 0.717) is 5.69 Å². The maximum atomic E-state index is 9.30. The minimum atomic E-state index is -1.19. The van der Waals surface area contributed by atoms with E-state index >= 15 is 0 Å². The number of aliphatic hydroxyl groups is 3. The fourth-order valence-corrected chi connectivity index (χ4v) is 0.873. The minimum Gasteiger partial charge on any atom is -0.394 e. The zero-order chi connectivity index (χ0) is 10.6. The van der Waals surface area contributed by atoms with Gasteiger partial charge in [-0.2, -0.15) is 5.10 Å². The summed E-state index contributed by atoms with van der Waals surface area (Å²) in [7, 11) is 0. The third-order valence-corrected chi connectivity index (χ3v) is 1.68. The lowest BCUT2D eigenvalue weighted by Gasteiger charge is -2.14. The highest BCUT2D eigenvalue weighted by Gasteiger charge is 2.16. The molecule has 0 amide bonds. The lowest BCUT2D eigenvalue weighted by Crippen LogP contribution is -2.31. The van der Waals surface area contributed by atoms with Crippen LogP contribution in [0.25, 0.3) is 0 Å². The molecule has 0 saturated heterocycles. The third kappa shape index (κ3) is 2.87. The molecule has 14 heavy (non-hydrogen) atoms. The van der Waals surface area contributed by atoms with E-state index in [0.717, 1.165) is 0 Å². The molecule has 1 aromatic rings. The van der Waals surface area contributed by atoms with Gasteiger partial charge in [-0.15, -0.1) is 5.10 Å². The second kappa shape index (κ2) is 4.80. The van der Waals surface area contributed by atoms with Crippen LogP contribution in [0.1, 0.15) is 5.69 Å². The van der Waals surface area contributed by atoms with Crippen molar-refractivity contribution >= 4 is 5.95 Å². The molecular formula is C7H12N4O3. The highest BCUT2D eigenvalue weighted by molar-refractivity contribution is 5.11. The summed E-state index contributed by atoms with van der Waals surface area (Å²) in [6.07, 6.45) is -0.841. The van der Waals surface area contributed by atoms with Crippen molar-refractivity contribution in [3.63, 3.8) is 0 Å². The highest BCUT2D eigenvalue weighted by atomic mass is 16.4. The van der Waals surface area contributed by atoms with Crippen LogP contribution in [-0.4, -0.2) is 49.3 Å². The fourth-order valence-electron chi connectivity index (χ4n) is 0.873. The zero-order valence-electron chi connectivity index (χ0n) is 7.41. The largest absolute Gasteiger partial charge is 0.394 e. The number of hydrogen-bond acceptors (Lipinski definition) is 7. The Morgan fingerprint density at radius 2 is 2.00 bits per heavy atom.